The number of piperidine rings is 2. The van der Waals surface area contributed by atoms with Crippen molar-refractivity contribution < 1.29 is 24.2 Å². The Hall–Kier alpha value is -2.41. The van der Waals surface area contributed by atoms with Crippen molar-refractivity contribution in [3.8, 4) is 5.75 Å². The van der Waals surface area contributed by atoms with Crippen LogP contribution in [-0.4, -0.2) is 53.0 Å². The summed E-state index contributed by atoms with van der Waals surface area (Å²) in [5.74, 6) is -0.408. The van der Waals surface area contributed by atoms with Gasteiger partial charge in [0.05, 0.1) is 0 Å². The van der Waals surface area contributed by atoms with Gasteiger partial charge < -0.3 is 9.84 Å². The molecule has 2 amide bonds. The molecule has 2 atom stereocenters. The molecule has 2 unspecified atom stereocenters. The van der Waals surface area contributed by atoms with Crippen LogP contribution in [0.4, 0.5) is 0 Å². The summed E-state index contributed by atoms with van der Waals surface area (Å²) in [5, 5.41) is 11.4. The molecule has 2 aliphatic heterocycles. The fourth-order valence-corrected chi connectivity index (χ4v) is 3.55. The minimum absolute atomic E-state index is 0.256. The Morgan fingerprint density at radius 1 is 1.19 bits per heavy atom. The van der Waals surface area contributed by atoms with Gasteiger partial charge in [-0.25, -0.2) is 0 Å². The maximum Gasteiger partial charge on any atom is 0.320 e. The van der Waals surface area contributed by atoms with Crippen LogP contribution in [0, 0.1) is 0 Å². The largest absolute Gasteiger partial charge is 0.481 e. The highest BCUT2D eigenvalue weighted by atomic mass is 16.5. The Bertz CT molecular complexity index is 680. The number of likely N-dealkylation sites (tertiary alicyclic amines) is 1. The standard InChI is InChI=1S/C19H24N2O5/c1-12(19(24)25)21-10-8-14(9-11-21)13-2-4-15(5-3-13)26-16-6-7-17(22)20-18(16)23/h2-5,12,14,16H,6-11H2,1H3,(H,24,25)(H,20,22,23). The average Bonchev–Trinajstić information content (AvgIpc) is 2.64. The van der Waals surface area contributed by atoms with Crippen molar-refractivity contribution in [2.24, 2.45) is 0 Å². The van der Waals surface area contributed by atoms with Crippen LogP contribution in [0.1, 0.15) is 44.1 Å². The molecular weight excluding hydrogens is 336 g/mol. The highest BCUT2D eigenvalue weighted by molar-refractivity contribution is 5.99. The van der Waals surface area contributed by atoms with Crippen LogP contribution >= 0.6 is 0 Å². The molecule has 26 heavy (non-hydrogen) atoms. The van der Waals surface area contributed by atoms with Gasteiger partial charge in [-0.3, -0.25) is 24.6 Å². The fraction of sp³-hybridized carbons (Fsp3) is 0.526. The predicted octanol–water partition coefficient (Wildman–Crippen LogP) is 1.52. The van der Waals surface area contributed by atoms with Gasteiger partial charge in [-0.2, -0.15) is 0 Å². The van der Waals surface area contributed by atoms with E-state index in [4.69, 9.17) is 9.84 Å². The molecule has 1 aromatic carbocycles. The average molecular weight is 360 g/mol. The molecule has 2 fully saturated rings. The number of carboxylic acid groups (broad SMARTS) is 1. The Kier molecular flexibility index (Phi) is 5.56. The third-order valence-electron chi connectivity index (χ3n) is 5.25. The number of hydrogen-bond acceptors (Lipinski definition) is 5. The van der Waals surface area contributed by atoms with Crippen molar-refractivity contribution in [1.29, 1.82) is 0 Å². The van der Waals surface area contributed by atoms with Crippen LogP contribution in [0.25, 0.3) is 0 Å². The van der Waals surface area contributed by atoms with Crippen molar-refractivity contribution in [3.63, 3.8) is 0 Å². The normalized spacial score (nSPS) is 23.3. The molecule has 0 aliphatic carbocycles. The zero-order valence-electron chi connectivity index (χ0n) is 14.8. The van der Waals surface area contributed by atoms with E-state index in [0.717, 1.165) is 25.9 Å². The predicted molar refractivity (Wildman–Crippen MR) is 93.9 cm³/mol. The first-order chi connectivity index (χ1) is 12.4. The summed E-state index contributed by atoms with van der Waals surface area (Å²) in [7, 11) is 0. The zero-order chi connectivity index (χ0) is 18.7. The summed E-state index contributed by atoms with van der Waals surface area (Å²) < 4.78 is 5.70. The second-order valence-corrected chi connectivity index (χ2v) is 6.95. The monoisotopic (exact) mass is 360 g/mol. The van der Waals surface area contributed by atoms with E-state index in [2.05, 4.69) is 5.32 Å². The number of nitrogens with zero attached hydrogens (tertiary/aromatic N) is 1. The van der Waals surface area contributed by atoms with Crippen LogP contribution in [0.5, 0.6) is 5.75 Å². The van der Waals surface area contributed by atoms with Crippen molar-refractivity contribution in [2.75, 3.05) is 13.1 Å². The van der Waals surface area contributed by atoms with E-state index in [-0.39, 0.29) is 11.8 Å². The Balaban J connectivity index is 1.54. The van der Waals surface area contributed by atoms with Gasteiger partial charge in [0.2, 0.25) is 5.91 Å². The van der Waals surface area contributed by atoms with E-state index in [0.29, 0.717) is 24.5 Å². The summed E-state index contributed by atoms with van der Waals surface area (Å²) in [6, 6.07) is 7.27. The molecule has 3 rings (SSSR count). The topological polar surface area (TPSA) is 95.9 Å². The summed E-state index contributed by atoms with van der Waals surface area (Å²) >= 11 is 0. The summed E-state index contributed by atoms with van der Waals surface area (Å²) in [4.78, 5) is 36.0. The lowest BCUT2D eigenvalue weighted by atomic mass is 9.89. The molecule has 0 saturated carbocycles. The number of carboxylic acids is 1. The van der Waals surface area contributed by atoms with Gasteiger partial charge in [0.15, 0.2) is 6.10 Å². The molecule has 0 bridgehead atoms. The molecule has 2 saturated heterocycles. The van der Waals surface area contributed by atoms with Gasteiger partial charge in [0.25, 0.3) is 5.91 Å². The van der Waals surface area contributed by atoms with Gasteiger partial charge in [0.1, 0.15) is 11.8 Å². The third-order valence-corrected chi connectivity index (χ3v) is 5.25. The number of rotatable bonds is 5. The highest BCUT2D eigenvalue weighted by Crippen LogP contribution is 2.30. The number of aliphatic carboxylic acids is 1. The molecule has 7 heteroatoms. The van der Waals surface area contributed by atoms with E-state index in [1.165, 1.54) is 5.56 Å². The van der Waals surface area contributed by atoms with E-state index in [1.54, 1.807) is 6.92 Å². The highest BCUT2D eigenvalue weighted by Gasteiger charge is 2.29. The zero-order valence-corrected chi connectivity index (χ0v) is 14.8. The number of nitrogens with one attached hydrogen (secondary N) is 1. The molecule has 7 nitrogen and oxygen atoms in total. The lowest BCUT2D eigenvalue weighted by molar-refractivity contribution is -0.143. The first-order valence-electron chi connectivity index (χ1n) is 9.01. The summed E-state index contributed by atoms with van der Waals surface area (Å²) in [6.07, 6.45) is 1.91. The summed E-state index contributed by atoms with van der Waals surface area (Å²) in [6.45, 7) is 3.27. The number of hydrogen-bond donors (Lipinski definition) is 2. The lowest BCUT2D eigenvalue weighted by Crippen LogP contribution is -2.46. The van der Waals surface area contributed by atoms with Crippen LogP contribution < -0.4 is 10.1 Å². The lowest BCUT2D eigenvalue weighted by Gasteiger charge is -2.34. The van der Waals surface area contributed by atoms with Gasteiger partial charge >= 0.3 is 5.97 Å². The van der Waals surface area contributed by atoms with Gasteiger partial charge in [0, 0.05) is 12.8 Å². The molecule has 2 N–H and O–H groups in total. The molecule has 140 valence electrons. The fourth-order valence-electron chi connectivity index (χ4n) is 3.55. The summed E-state index contributed by atoms with van der Waals surface area (Å²) in [5.41, 5.74) is 1.20. The minimum Gasteiger partial charge on any atom is -0.481 e. The van der Waals surface area contributed by atoms with E-state index in [9.17, 15) is 14.4 Å². The van der Waals surface area contributed by atoms with Crippen LogP contribution in [0.15, 0.2) is 24.3 Å². The van der Waals surface area contributed by atoms with E-state index in [1.807, 2.05) is 29.2 Å². The number of benzene rings is 1. The third kappa shape index (κ3) is 4.22. The number of carbonyl (C=O) groups is 3. The smallest absolute Gasteiger partial charge is 0.320 e. The maximum absolute atomic E-state index is 11.8. The van der Waals surface area contributed by atoms with Crippen molar-refractivity contribution in [1.82, 2.24) is 10.2 Å². The number of amides is 2. The number of carbonyl (C=O) groups excluding carboxylic acids is 2. The SMILES string of the molecule is CC(C(=O)O)N1CCC(c2ccc(OC3CCC(=O)NC3=O)cc2)CC1. The van der Waals surface area contributed by atoms with Crippen molar-refractivity contribution in [2.45, 2.75) is 50.7 Å². The van der Waals surface area contributed by atoms with Crippen molar-refractivity contribution >= 4 is 17.8 Å². The molecule has 0 spiro atoms. The molecule has 2 aliphatic rings. The van der Waals surface area contributed by atoms with Crippen LogP contribution in [0.3, 0.4) is 0 Å². The molecule has 2 heterocycles. The van der Waals surface area contributed by atoms with Crippen LogP contribution in [-0.2, 0) is 14.4 Å². The Morgan fingerprint density at radius 3 is 2.42 bits per heavy atom. The van der Waals surface area contributed by atoms with Gasteiger partial charge in [-0.15, -0.1) is 0 Å². The minimum atomic E-state index is -0.779. The maximum atomic E-state index is 11.8. The quantitative estimate of drug-likeness (QED) is 0.773. The Labute approximate surface area is 152 Å². The molecular formula is C19H24N2O5. The van der Waals surface area contributed by atoms with Crippen molar-refractivity contribution in [3.05, 3.63) is 29.8 Å². The van der Waals surface area contributed by atoms with Gasteiger partial charge in [-0.05, 0) is 56.5 Å². The Morgan fingerprint density at radius 2 is 1.85 bits per heavy atom. The van der Waals surface area contributed by atoms with E-state index >= 15 is 0 Å². The first kappa shape index (κ1) is 18.4. The number of ether oxygens (including phenoxy) is 1. The molecule has 1 aromatic rings. The number of imide groups is 1. The van der Waals surface area contributed by atoms with E-state index < -0.39 is 18.1 Å². The first-order valence-corrected chi connectivity index (χ1v) is 9.01. The molecule has 0 aromatic heterocycles. The second kappa shape index (κ2) is 7.86. The van der Waals surface area contributed by atoms with Gasteiger partial charge in [-0.1, -0.05) is 12.1 Å². The second-order valence-electron chi connectivity index (χ2n) is 6.95. The van der Waals surface area contributed by atoms with Crippen LogP contribution in [0.2, 0.25) is 0 Å². The molecule has 0 radical (unpaired) electrons.